The van der Waals surface area contributed by atoms with Crippen LogP contribution in [0.1, 0.15) is 5.56 Å². The van der Waals surface area contributed by atoms with Gasteiger partial charge in [-0.25, -0.2) is 9.97 Å². The van der Waals surface area contributed by atoms with E-state index in [0.717, 1.165) is 16.3 Å². The van der Waals surface area contributed by atoms with Crippen LogP contribution in [0.5, 0.6) is 0 Å². The summed E-state index contributed by atoms with van der Waals surface area (Å²) in [6, 6.07) is 7.55. The van der Waals surface area contributed by atoms with Crippen LogP contribution in [0.2, 0.25) is 10.3 Å². The van der Waals surface area contributed by atoms with Crippen LogP contribution >= 0.6 is 46.3 Å². The van der Waals surface area contributed by atoms with Gasteiger partial charge in [0.1, 0.15) is 10.3 Å². The quantitative estimate of drug-likeness (QED) is 0.559. The second-order valence-electron chi connectivity index (χ2n) is 3.85. The lowest BCUT2D eigenvalue weighted by molar-refractivity contribution is 0.973. The fourth-order valence-corrected chi connectivity index (χ4v) is 3.48. The van der Waals surface area contributed by atoms with Crippen LogP contribution in [-0.4, -0.2) is 20.2 Å². The highest BCUT2D eigenvalue weighted by Crippen LogP contribution is 2.26. The van der Waals surface area contributed by atoms with Crippen molar-refractivity contribution in [3.8, 4) is 10.7 Å². The van der Waals surface area contributed by atoms with E-state index in [1.165, 1.54) is 11.8 Å². The number of nitrogens with zero attached hydrogens (tertiary/aromatic N) is 3. The van der Waals surface area contributed by atoms with Gasteiger partial charge in [-0.15, -0.1) is 16.4 Å². The SMILES string of the molecule is Clc1cc(CSc2n[nH]c(-c3cccs3)n2)cc(Cl)n1. The van der Waals surface area contributed by atoms with Gasteiger partial charge in [0.2, 0.25) is 5.16 Å². The molecular weight excluding hydrogens is 335 g/mol. The summed E-state index contributed by atoms with van der Waals surface area (Å²) < 4.78 is 0. The molecule has 0 radical (unpaired) electrons. The van der Waals surface area contributed by atoms with E-state index in [1.807, 2.05) is 17.5 Å². The van der Waals surface area contributed by atoms with Gasteiger partial charge >= 0.3 is 0 Å². The van der Waals surface area contributed by atoms with Gasteiger partial charge in [-0.1, -0.05) is 41.0 Å². The Kier molecular flexibility index (Phi) is 4.26. The normalized spacial score (nSPS) is 10.9. The van der Waals surface area contributed by atoms with Crippen LogP contribution in [0.3, 0.4) is 0 Å². The highest BCUT2D eigenvalue weighted by atomic mass is 35.5. The molecule has 0 aromatic carbocycles. The summed E-state index contributed by atoms with van der Waals surface area (Å²) >= 11 is 14.9. The first-order chi connectivity index (χ1) is 9.70. The number of nitrogens with one attached hydrogen (secondary N) is 1. The van der Waals surface area contributed by atoms with Crippen molar-refractivity contribution in [3.05, 3.63) is 45.5 Å². The minimum absolute atomic E-state index is 0.391. The topological polar surface area (TPSA) is 54.5 Å². The Morgan fingerprint density at radius 2 is 2.00 bits per heavy atom. The van der Waals surface area contributed by atoms with Crippen molar-refractivity contribution >= 4 is 46.3 Å². The second-order valence-corrected chi connectivity index (χ2v) is 6.52. The molecule has 3 heterocycles. The number of pyridine rings is 1. The fourth-order valence-electron chi connectivity index (χ4n) is 1.58. The summed E-state index contributed by atoms with van der Waals surface area (Å²) in [5.74, 6) is 1.47. The molecule has 3 aromatic heterocycles. The molecule has 0 unspecified atom stereocenters. The van der Waals surface area contributed by atoms with E-state index in [0.29, 0.717) is 21.2 Å². The Morgan fingerprint density at radius 3 is 2.70 bits per heavy atom. The third kappa shape index (κ3) is 3.32. The van der Waals surface area contributed by atoms with Crippen molar-refractivity contribution < 1.29 is 0 Å². The first-order valence-electron chi connectivity index (χ1n) is 5.62. The highest BCUT2D eigenvalue weighted by molar-refractivity contribution is 7.98. The molecule has 0 saturated heterocycles. The van der Waals surface area contributed by atoms with Crippen molar-refractivity contribution in [2.75, 3.05) is 0 Å². The van der Waals surface area contributed by atoms with Crippen molar-refractivity contribution in [3.63, 3.8) is 0 Å². The zero-order valence-corrected chi connectivity index (χ0v) is 13.2. The molecule has 0 spiro atoms. The molecule has 20 heavy (non-hydrogen) atoms. The van der Waals surface area contributed by atoms with Gasteiger partial charge in [0, 0.05) is 5.75 Å². The predicted molar refractivity (Wildman–Crippen MR) is 83.5 cm³/mol. The third-order valence-corrected chi connectivity index (χ3v) is 4.59. The smallest absolute Gasteiger partial charge is 0.209 e. The average molecular weight is 343 g/mol. The number of aromatic nitrogens is 4. The number of halogens is 2. The molecule has 0 aliphatic heterocycles. The molecular formula is C12H8Cl2N4S2. The average Bonchev–Trinajstić information content (AvgIpc) is 3.06. The predicted octanol–water partition coefficient (Wildman–Crippen LogP) is 4.53. The van der Waals surface area contributed by atoms with E-state index in [9.17, 15) is 0 Å². The van der Waals surface area contributed by atoms with Crippen LogP contribution < -0.4 is 0 Å². The van der Waals surface area contributed by atoms with E-state index in [1.54, 1.807) is 23.5 Å². The molecule has 0 fully saturated rings. The molecule has 0 amide bonds. The van der Waals surface area contributed by atoms with Crippen LogP contribution in [0, 0.1) is 0 Å². The minimum Gasteiger partial charge on any atom is -0.257 e. The first-order valence-corrected chi connectivity index (χ1v) is 8.24. The van der Waals surface area contributed by atoms with Crippen LogP contribution in [0.4, 0.5) is 0 Å². The molecule has 0 aliphatic rings. The Labute approximate surface area is 133 Å². The number of hydrogen-bond donors (Lipinski definition) is 1. The summed E-state index contributed by atoms with van der Waals surface area (Å²) in [5, 5.41) is 10.6. The van der Waals surface area contributed by atoms with Gasteiger partial charge in [-0.3, -0.25) is 5.10 Å². The monoisotopic (exact) mass is 342 g/mol. The van der Waals surface area contributed by atoms with Crippen LogP contribution in [0.15, 0.2) is 34.8 Å². The van der Waals surface area contributed by atoms with Crippen molar-refractivity contribution in [1.29, 1.82) is 0 Å². The maximum absolute atomic E-state index is 5.86. The second kappa shape index (κ2) is 6.13. The Hall–Kier alpha value is -1.08. The highest BCUT2D eigenvalue weighted by Gasteiger charge is 2.08. The molecule has 8 heteroatoms. The molecule has 0 aliphatic carbocycles. The van der Waals surface area contributed by atoms with Crippen LogP contribution in [0.25, 0.3) is 10.7 Å². The van der Waals surface area contributed by atoms with E-state index >= 15 is 0 Å². The minimum atomic E-state index is 0.391. The molecule has 102 valence electrons. The zero-order valence-electron chi connectivity index (χ0n) is 10.0. The lowest BCUT2D eigenvalue weighted by atomic mass is 10.3. The molecule has 3 rings (SSSR count). The largest absolute Gasteiger partial charge is 0.257 e. The lowest BCUT2D eigenvalue weighted by Gasteiger charge is -2.00. The van der Waals surface area contributed by atoms with Gasteiger partial charge in [0.25, 0.3) is 0 Å². The zero-order chi connectivity index (χ0) is 13.9. The van der Waals surface area contributed by atoms with Gasteiger partial charge in [0.15, 0.2) is 5.82 Å². The van der Waals surface area contributed by atoms with Crippen molar-refractivity contribution in [2.45, 2.75) is 10.9 Å². The molecule has 0 bridgehead atoms. The van der Waals surface area contributed by atoms with Crippen LogP contribution in [-0.2, 0) is 5.75 Å². The molecule has 0 atom stereocenters. The molecule has 1 N–H and O–H groups in total. The number of H-pyrrole nitrogens is 1. The van der Waals surface area contributed by atoms with Gasteiger partial charge in [0.05, 0.1) is 4.88 Å². The van der Waals surface area contributed by atoms with E-state index in [2.05, 4.69) is 20.2 Å². The lowest BCUT2D eigenvalue weighted by Crippen LogP contribution is -1.85. The summed E-state index contributed by atoms with van der Waals surface area (Å²) in [6.45, 7) is 0. The Morgan fingerprint density at radius 1 is 1.20 bits per heavy atom. The molecule has 0 saturated carbocycles. The van der Waals surface area contributed by atoms with E-state index in [-0.39, 0.29) is 0 Å². The maximum atomic E-state index is 5.86. The van der Waals surface area contributed by atoms with Gasteiger partial charge in [-0.2, -0.15) is 0 Å². The van der Waals surface area contributed by atoms with E-state index in [4.69, 9.17) is 23.2 Å². The Bertz CT molecular complexity index is 692. The number of aromatic amines is 1. The maximum Gasteiger partial charge on any atom is 0.209 e. The van der Waals surface area contributed by atoms with Gasteiger partial charge in [-0.05, 0) is 29.1 Å². The van der Waals surface area contributed by atoms with Crippen molar-refractivity contribution in [1.82, 2.24) is 20.2 Å². The van der Waals surface area contributed by atoms with E-state index < -0.39 is 0 Å². The number of thioether (sulfide) groups is 1. The summed E-state index contributed by atoms with van der Waals surface area (Å²) in [6.07, 6.45) is 0. The summed E-state index contributed by atoms with van der Waals surface area (Å²) in [4.78, 5) is 9.42. The number of thiophene rings is 1. The number of rotatable bonds is 4. The number of hydrogen-bond acceptors (Lipinski definition) is 5. The standard InChI is InChI=1S/C12H8Cl2N4S2/c13-9-4-7(5-10(14)15-9)6-20-12-16-11(17-18-12)8-2-1-3-19-8/h1-5H,6H2,(H,16,17,18). The molecule has 3 aromatic rings. The van der Waals surface area contributed by atoms with Gasteiger partial charge < -0.3 is 0 Å². The fraction of sp³-hybridized carbons (Fsp3) is 0.0833. The Balaban J connectivity index is 1.69. The summed E-state index contributed by atoms with van der Waals surface area (Å²) in [5.41, 5.74) is 0.988. The summed E-state index contributed by atoms with van der Waals surface area (Å²) in [7, 11) is 0. The first kappa shape index (κ1) is 13.9. The van der Waals surface area contributed by atoms with Crippen molar-refractivity contribution in [2.24, 2.45) is 0 Å². The molecule has 4 nitrogen and oxygen atoms in total. The third-order valence-electron chi connectivity index (χ3n) is 2.41.